The average Bonchev–Trinajstić information content (AvgIpc) is 2.91. The molecule has 3 heterocycles. The van der Waals surface area contributed by atoms with Crippen molar-refractivity contribution < 1.29 is 0 Å². The highest BCUT2D eigenvalue weighted by molar-refractivity contribution is 5.29. The molecule has 2 aliphatic carbocycles. The zero-order chi connectivity index (χ0) is 16.9. The maximum atomic E-state index is 11.7. The van der Waals surface area contributed by atoms with Gasteiger partial charge in [0.25, 0.3) is 0 Å². The summed E-state index contributed by atoms with van der Waals surface area (Å²) in [6.07, 6.45) is 10.2. The van der Waals surface area contributed by atoms with Crippen LogP contribution in [0.5, 0.6) is 0 Å². The molecular formula is C16H24N8O. The summed E-state index contributed by atoms with van der Waals surface area (Å²) in [6.45, 7) is 2.68. The maximum absolute atomic E-state index is 11.7. The molecular weight excluding hydrogens is 320 g/mol. The lowest BCUT2D eigenvalue weighted by atomic mass is 9.88. The highest BCUT2D eigenvalue weighted by Crippen LogP contribution is 2.62. The molecule has 134 valence electrons. The molecule has 0 amide bonds. The van der Waals surface area contributed by atoms with E-state index in [1.807, 2.05) is 4.68 Å². The fourth-order valence-corrected chi connectivity index (χ4v) is 4.97. The number of tetrazole rings is 1. The molecule has 1 saturated heterocycles. The minimum Gasteiger partial charge on any atom is -0.340 e. The molecule has 0 bridgehead atoms. The Bertz CT molecular complexity index is 801. The Balaban J connectivity index is 1.27. The Labute approximate surface area is 145 Å². The Morgan fingerprint density at radius 1 is 1.24 bits per heavy atom. The van der Waals surface area contributed by atoms with Gasteiger partial charge in [-0.3, -0.25) is 4.57 Å². The molecule has 1 aliphatic heterocycles. The quantitative estimate of drug-likeness (QED) is 0.888. The Morgan fingerprint density at radius 2 is 2.12 bits per heavy atom. The van der Waals surface area contributed by atoms with Crippen LogP contribution in [-0.2, 0) is 6.54 Å². The third-order valence-corrected chi connectivity index (χ3v) is 6.53. The number of hydrogen-bond acceptors (Lipinski definition) is 6. The molecule has 0 spiro atoms. The van der Waals surface area contributed by atoms with E-state index in [0.717, 1.165) is 44.3 Å². The van der Waals surface area contributed by atoms with Crippen LogP contribution >= 0.6 is 0 Å². The largest absolute Gasteiger partial charge is 0.343 e. The number of rotatable bonds is 4. The molecule has 1 N–H and O–H groups in total. The van der Waals surface area contributed by atoms with Crippen LogP contribution in [0.4, 0.5) is 5.95 Å². The van der Waals surface area contributed by atoms with Crippen LogP contribution in [0, 0.1) is 11.3 Å². The zero-order valence-corrected chi connectivity index (χ0v) is 14.3. The molecule has 9 heteroatoms. The summed E-state index contributed by atoms with van der Waals surface area (Å²) >= 11 is 0. The molecule has 5 rings (SSSR count). The van der Waals surface area contributed by atoms with Crippen molar-refractivity contribution in [1.29, 1.82) is 0 Å². The van der Waals surface area contributed by atoms with Crippen LogP contribution in [0.2, 0.25) is 0 Å². The van der Waals surface area contributed by atoms with Gasteiger partial charge < -0.3 is 4.90 Å². The number of H-pyrrole nitrogens is 1. The first-order chi connectivity index (χ1) is 12.3. The van der Waals surface area contributed by atoms with Crippen LogP contribution < -0.4 is 10.6 Å². The zero-order valence-electron chi connectivity index (χ0n) is 14.3. The third kappa shape index (κ3) is 2.56. The topological polar surface area (TPSA) is 97.5 Å². The number of nitrogens with zero attached hydrogens (tertiary/aromatic N) is 7. The first kappa shape index (κ1) is 15.1. The Kier molecular flexibility index (Phi) is 3.42. The molecule has 2 atom stereocenters. The van der Waals surface area contributed by atoms with Gasteiger partial charge in [-0.05, 0) is 53.9 Å². The first-order valence-electron chi connectivity index (χ1n) is 9.38. The molecule has 2 saturated carbocycles. The summed E-state index contributed by atoms with van der Waals surface area (Å²) in [4.78, 5) is 14.0. The van der Waals surface area contributed by atoms with Gasteiger partial charge in [0.1, 0.15) is 6.33 Å². The molecule has 2 aromatic heterocycles. The van der Waals surface area contributed by atoms with Gasteiger partial charge in [-0.15, -0.1) is 0 Å². The predicted octanol–water partition coefficient (Wildman–Crippen LogP) is 0.980. The van der Waals surface area contributed by atoms with E-state index in [1.54, 1.807) is 10.9 Å². The first-order valence-corrected chi connectivity index (χ1v) is 9.38. The van der Waals surface area contributed by atoms with Crippen molar-refractivity contribution in [3.05, 3.63) is 16.8 Å². The van der Waals surface area contributed by atoms with Crippen molar-refractivity contribution in [2.75, 3.05) is 18.0 Å². The number of fused-ring (bicyclic) bond motifs is 1. The molecule has 2 unspecified atom stereocenters. The fraction of sp³-hybridized carbons (Fsp3) is 0.812. The van der Waals surface area contributed by atoms with E-state index in [1.165, 1.54) is 32.1 Å². The van der Waals surface area contributed by atoms with Crippen molar-refractivity contribution in [3.8, 4) is 0 Å². The summed E-state index contributed by atoms with van der Waals surface area (Å²) in [7, 11) is 0. The second-order valence-corrected chi connectivity index (χ2v) is 7.93. The van der Waals surface area contributed by atoms with Gasteiger partial charge in [-0.2, -0.15) is 5.10 Å². The highest BCUT2D eigenvalue weighted by atomic mass is 16.1. The molecule has 0 radical (unpaired) electrons. The second-order valence-electron chi connectivity index (χ2n) is 7.93. The van der Waals surface area contributed by atoms with Crippen LogP contribution in [-0.4, -0.2) is 48.1 Å². The van der Waals surface area contributed by atoms with Crippen LogP contribution in [0.3, 0.4) is 0 Å². The molecule has 3 aliphatic rings. The standard InChI is InChI=1S/C16H24N8O/c25-15-19-17-11-23(15)13-4-7-22(8-5-13)14-18-20-21-24(14)10-16-6-2-1-3-12(16)9-16/h11-13H,1-10H2,(H,19,25). The minimum absolute atomic E-state index is 0.126. The van der Waals surface area contributed by atoms with Gasteiger partial charge in [0, 0.05) is 19.1 Å². The van der Waals surface area contributed by atoms with Crippen molar-refractivity contribution in [2.24, 2.45) is 11.3 Å². The second kappa shape index (κ2) is 5.67. The van der Waals surface area contributed by atoms with Crippen LogP contribution in [0.1, 0.15) is 51.0 Å². The monoisotopic (exact) mass is 344 g/mol. The van der Waals surface area contributed by atoms with Crippen LogP contribution in [0.15, 0.2) is 11.1 Å². The maximum Gasteiger partial charge on any atom is 0.343 e. The number of hydrogen-bond donors (Lipinski definition) is 1. The van der Waals surface area contributed by atoms with Gasteiger partial charge in [-0.25, -0.2) is 14.6 Å². The van der Waals surface area contributed by atoms with E-state index in [4.69, 9.17) is 0 Å². The summed E-state index contributed by atoms with van der Waals surface area (Å²) in [5, 5.41) is 18.8. The third-order valence-electron chi connectivity index (χ3n) is 6.53. The lowest BCUT2D eigenvalue weighted by Gasteiger charge is -2.32. The van der Waals surface area contributed by atoms with E-state index in [-0.39, 0.29) is 11.7 Å². The van der Waals surface area contributed by atoms with Crippen LogP contribution in [0.25, 0.3) is 0 Å². The van der Waals surface area contributed by atoms with Crippen molar-refractivity contribution in [3.63, 3.8) is 0 Å². The number of aromatic nitrogens is 7. The van der Waals surface area contributed by atoms with Gasteiger partial charge in [0.05, 0.1) is 6.54 Å². The van der Waals surface area contributed by atoms with E-state index in [9.17, 15) is 4.79 Å². The van der Waals surface area contributed by atoms with E-state index in [2.05, 4.69) is 30.6 Å². The van der Waals surface area contributed by atoms with E-state index < -0.39 is 0 Å². The number of nitrogens with one attached hydrogen (secondary N) is 1. The average molecular weight is 344 g/mol. The van der Waals surface area contributed by atoms with Crippen molar-refractivity contribution in [2.45, 2.75) is 57.5 Å². The Hall–Kier alpha value is -2.19. The fourth-order valence-electron chi connectivity index (χ4n) is 4.97. The minimum atomic E-state index is -0.126. The lowest BCUT2D eigenvalue weighted by Crippen LogP contribution is -2.38. The summed E-state index contributed by atoms with van der Waals surface area (Å²) in [5.74, 6) is 1.78. The van der Waals surface area contributed by atoms with Gasteiger partial charge in [-0.1, -0.05) is 17.9 Å². The highest BCUT2D eigenvalue weighted by Gasteiger charge is 2.55. The Morgan fingerprint density at radius 3 is 2.88 bits per heavy atom. The van der Waals surface area contributed by atoms with E-state index in [0.29, 0.717) is 5.41 Å². The molecule has 0 aromatic carbocycles. The predicted molar refractivity (Wildman–Crippen MR) is 90.2 cm³/mol. The van der Waals surface area contributed by atoms with Crippen molar-refractivity contribution >= 4 is 5.95 Å². The van der Waals surface area contributed by atoms with E-state index >= 15 is 0 Å². The molecule has 2 aromatic rings. The normalized spacial score (nSPS) is 29.6. The lowest BCUT2D eigenvalue weighted by molar-refractivity contribution is 0.281. The number of piperidine rings is 1. The summed E-state index contributed by atoms with van der Waals surface area (Å²) in [5.41, 5.74) is 0.338. The summed E-state index contributed by atoms with van der Waals surface area (Å²) < 4.78 is 3.73. The van der Waals surface area contributed by atoms with Gasteiger partial charge in [0.15, 0.2) is 0 Å². The van der Waals surface area contributed by atoms with Gasteiger partial charge >= 0.3 is 5.69 Å². The summed E-state index contributed by atoms with van der Waals surface area (Å²) in [6, 6.07) is 0.205. The SMILES string of the molecule is O=c1[nH]ncn1C1CCN(c2nnnn2CC23CCCCC2C3)CC1. The van der Waals surface area contributed by atoms with Gasteiger partial charge in [0.2, 0.25) is 5.95 Å². The number of aromatic amines is 1. The smallest absolute Gasteiger partial charge is 0.340 e. The number of anilines is 1. The molecule has 9 nitrogen and oxygen atoms in total. The molecule has 25 heavy (non-hydrogen) atoms. The van der Waals surface area contributed by atoms with Crippen molar-refractivity contribution in [1.82, 2.24) is 35.0 Å². The molecule has 3 fully saturated rings.